The molecule has 0 bridgehead atoms. The summed E-state index contributed by atoms with van der Waals surface area (Å²) in [4.78, 5) is 0. The quantitative estimate of drug-likeness (QED) is 0.312. The number of fused-ring (bicyclic) bond motifs is 2. The van der Waals surface area contributed by atoms with Crippen LogP contribution in [-0.2, 0) is 0 Å². The minimum absolute atomic E-state index is 0.803. The first-order chi connectivity index (χ1) is 10.8. The Morgan fingerprint density at radius 1 is 0.727 bits per heavy atom. The summed E-state index contributed by atoms with van der Waals surface area (Å²) < 4.78 is 0. The van der Waals surface area contributed by atoms with Crippen molar-refractivity contribution in [2.45, 2.75) is 13.3 Å². The summed E-state index contributed by atoms with van der Waals surface area (Å²) in [6.07, 6.45) is 1.69. The second-order valence-corrected chi connectivity index (χ2v) is 5.55. The monoisotopic (exact) mass is 300 g/mol. The normalized spacial score (nSPS) is 9.91. The van der Waals surface area contributed by atoms with E-state index in [2.05, 4.69) is 88.4 Å². The third-order valence-electron chi connectivity index (χ3n) is 3.54. The minimum Gasteiger partial charge on any atom is -0.125 e. The molecule has 0 radical (unpaired) electrons. The Hall–Kier alpha value is -2.27. The maximum atomic E-state index is 3.20. The van der Waals surface area contributed by atoms with Gasteiger partial charge in [-0.15, -0.1) is 9.24 Å². The molecule has 0 spiro atoms. The van der Waals surface area contributed by atoms with Crippen LogP contribution in [0.1, 0.15) is 24.5 Å². The van der Waals surface area contributed by atoms with Gasteiger partial charge in [-0.25, -0.2) is 0 Å². The van der Waals surface area contributed by atoms with Gasteiger partial charge in [0.2, 0.25) is 0 Å². The Bertz CT molecular complexity index is 878. The highest BCUT2D eigenvalue weighted by Crippen LogP contribution is 2.24. The molecule has 1 unspecified atom stereocenters. The van der Waals surface area contributed by atoms with Gasteiger partial charge in [-0.05, 0) is 57.9 Å². The van der Waals surface area contributed by atoms with Crippen LogP contribution in [0.5, 0.6) is 0 Å². The van der Waals surface area contributed by atoms with E-state index in [1.165, 1.54) is 21.5 Å². The highest BCUT2D eigenvalue weighted by Gasteiger charge is 2.00. The van der Waals surface area contributed by atoms with Crippen LogP contribution in [0.2, 0.25) is 0 Å². The third-order valence-corrected chi connectivity index (χ3v) is 3.74. The number of hydrogen-bond donors (Lipinski definition) is 0. The first-order valence-electron chi connectivity index (χ1n) is 7.45. The summed E-state index contributed by atoms with van der Waals surface area (Å²) in [7, 11) is 2.63. The molecule has 0 nitrogen and oxygen atoms in total. The lowest BCUT2D eigenvalue weighted by molar-refractivity contribution is 1.28. The molecule has 0 aliphatic heterocycles. The lowest BCUT2D eigenvalue weighted by atomic mass is 10.0. The van der Waals surface area contributed by atoms with E-state index < -0.39 is 0 Å². The topological polar surface area (TPSA) is 0 Å². The van der Waals surface area contributed by atoms with Gasteiger partial charge in [0.05, 0.1) is 0 Å². The van der Waals surface area contributed by atoms with Crippen LogP contribution in [-0.4, -0.2) is 6.16 Å². The number of rotatable bonds is 0. The zero-order valence-electron chi connectivity index (χ0n) is 12.6. The molecule has 3 aromatic carbocycles. The first kappa shape index (κ1) is 14.7. The summed E-state index contributed by atoms with van der Waals surface area (Å²) in [6.45, 7) is 2.07. The van der Waals surface area contributed by atoms with Crippen molar-refractivity contribution in [3.05, 3.63) is 59.7 Å². The molecule has 0 aliphatic rings. The Morgan fingerprint density at radius 2 is 1.27 bits per heavy atom. The van der Waals surface area contributed by atoms with Crippen LogP contribution >= 0.6 is 9.24 Å². The fourth-order valence-corrected chi connectivity index (χ4v) is 2.60. The van der Waals surface area contributed by atoms with E-state index in [4.69, 9.17) is 0 Å². The SMILES string of the molecule is CCC#Cc1ccc2cc3cc(C#CCP)ccc3cc2c1. The van der Waals surface area contributed by atoms with Crippen LogP contribution in [0.15, 0.2) is 48.5 Å². The van der Waals surface area contributed by atoms with Gasteiger partial charge in [-0.3, -0.25) is 0 Å². The molecule has 0 heterocycles. The van der Waals surface area contributed by atoms with E-state index in [0.717, 1.165) is 23.7 Å². The summed E-state index contributed by atoms with van der Waals surface area (Å²) in [5, 5.41) is 4.95. The van der Waals surface area contributed by atoms with Crippen LogP contribution in [0.4, 0.5) is 0 Å². The van der Waals surface area contributed by atoms with Gasteiger partial charge in [0.1, 0.15) is 0 Å². The smallest absolute Gasteiger partial charge is 0.0251 e. The predicted molar refractivity (Wildman–Crippen MR) is 100 cm³/mol. The molecule has 106 valence electrons. The Labute approximate surface area is 134 Å². The average Bonchev–Trinajstić information content (AvgIpc) is 2.56. The molecule has 22 heavy (non-hydrogen) atoms. The summed E-state index contributed by atoms with van der Waals surface area (Å²) in [6, 6.07) is 17.3. The molecular formula is C21H17P. The van der Waals surface area contributed by atoms with Crippen LogP contribution in [0.3, 0.4) is 0 Å². The Kier molecular flexibility index (Phi) is 4.44. The molecule has 3 aromatic rings. The fraction of sp³-hybridized carbons (Fsp3) is 0.143. The Morgan fingerprint density at radius 3 is 1.77 bits per heavy atom. The molecule has 1 heteroatoms. The van der Waals surface area contributed by atoms with E-state index in [1.54, 1.807) is 0 Å². The molecule has 0 saturated heterocycles. The molecule has 0 fully saturated rings. The molecule has 0 aliphatic carbocycles. The van der Waals surface area contributed by atoms with Gasteiger partial charge in [0, 0.05) is 23.7 Å². The van der Waals surface area contributed by atoms with E-state index in [0.29, 0.717) is 0 Å². The van der Waals surface area contributed by atoms with Gasteiger partial charge in [-0.1, -0.05) is 42.7 Å². The second kappa shape index (κ2) is 6.66. The summed E-state index contributed by atoms with van der Waals surface area (Å²) in [5.74, 6) is 12.6. The lowest BCUT2D eigenvalue weighted by Crippen LogP contribution is -1.81. The van der Waals surface area contributed by atoms with Crippen molar-refractivity contribution in [1.82, 2.24) is 0 Å². The molecule has 0 amide bonds. The van der Waals surface area contributed by atoms with Crippen molar-refractivity contribution in [1.29, 1.82) is 0 Å². The van der Waals surface area contributed by atoms with E-state index in [9.17, 15) is 0 Å². The van der Waals surface area contributed by atoms with Crippen LogP contribution in [0.25, 0.3) is 21.5 Å². The van der Waals surface area contributed by atoms with Gasteiger partial charge in [0.15, 0.2) is 0 Å². The third kappa shape index (κ3) is 3.14. The molecule has 0 aromatic heterocycles. The predicted octanol–water partition coefficient (Wildman–Crippen LogP) is 4.98. The zero-order chi connectivity index (χ0) is 15.4. The molecule has 0 saturated carbocycles. The van der Waals surface area contributed by atoms with Crippen LogP contribution in [0, 0.1) is 23.7 Å². The second-order valence-electron chi connectivity index (χ2n) is 5.14. The average molecular weight is 300 g/mol. The molecule has 0 N–H and O–H groups in total. The standard InChI is InChI=1S/C21H17P/c1-2-3-5-16-7-9-18-15-21-13-17(6-4-11-22)8-10-19(21)14-20(18)12-16/h7-10,12-15H,2,11,22H2,1H3. The number of hydrogen-bond acceptors (Lipinski definition) is 0. The van der Waals surface area contributed by atoms with E-state index in [-0.39, 0.29) is 0 Å². The van der Waals surface area contributed by atoms with Gasteiger partial charge >= 0.3 is 0 Å². The van der Waals surface area contributed by atoms with Gasteiger partial charge in [0.25, 0.3) is 0 Å². The largest absolute Gasteiger partial charge is 0.125 e. The van der Waals surface area contributed by atoms with Gasteiger partial charge in [-0.2, -0.15) is 0 Å². The van der Waals surface area contributed by atoms with Crippen molar-refractivity contribution < 1.29 is 0 Å². The molecule has 3 rings (SSSR count). The molecular weight excluding hydrogens is 283 g/mol. The highest BCUT2D eigenvalue weighted by atomic mass is 31.0. The van der Waals surface area contributed by atoms with Crippen LogP contribution < -0.4 is 0 Å². The highest BCUT2D eigenvalue weighted by molar-refractivity contribution is 7.16. The lowest BCUT2D eigenvalue weighted by Gasteiger charge is -2.04. The maximum absolute atomic E-state index is 3.20. The van der Waals surface area contributed by atoms with Gasteiger partial charge < -0.3 is 0 Å². The maximum Gasteiger partial charge on any atom is 0.0251 e. The van der Waals surface area contributed by atoms with Crippen molar-refractivity contribution in [3.8, 4) is 23.7 Å². The van der Waals surface area contributed by atoms with E-state index >= 15 is 0 Å². The molecule has 1 atom stereocenters. The van der Waals surface area contributed by atoms with Crippen molar-refractivity contribution >= 4 is 30.8 Å². The first-order valence-corrected chi connectivity index (χ1v) is 8.27. The fourth-order valence-electron chi connectivity index (χ4n) is 2.50. The van der Waals surface area contributed by atoms with Crippen molar-refractivity contribution in [2.24, 2.45) is 0 Å². The van der Waals surface area contributed by atoms with Crippen molar-refractivity contribution in [2.75, 3.05) is 6.16 Å². The summed E-state index contributed by atoms with van der Waals surface area (Å²) >= 11 is 0. The van der Waals surface area contributed by atoms with Crippen molar-refractivity contribution in [3.63, 3.8) is 0 Å². The number of benzene rings is 3. The zero-order valence-corrected chi connectivity index (χ0v) is 13.8. The minimum atomic E-state index is 0.803. The Balaban J connectivity index is 2.13. The summed E-state index contributed by atoms with van der Waals surface area (Å²) in [5.41, 5.74) is 2.15. The van der Waals surface area contributed by atoms with E-state index in [1.807, 2.05) is 0 Å².